The van der Waals surface area contributed by atoms with Gasteiger partial charge in [-0.2, -0.15) is 0 Å². The van der Waals surface area contributed by atoms with Crippen LogP contribution < -0.4 is 0 Å². The van der Waals surface area contributed by atoms with E-state index in [1.54, 1.807) is 12.0 Å². The maximum absolute atomic E-state index is 12.5. The third-order valence-electron chi connectivity index (χ3n) is 3.67. The first-order valence-corrected chi connectivity index (χ1v) is 7.85. The van der Waals surface area contributed by atoms with Gasteiger partial charge in [0.05, 0.1) is 7.11 Å². The predicted octanol–water partition coefficient (Wildman–Crippen LogP) is 3.75. The highest BCUT2D eigenvalue weighted by Crippen LogP contribution is 2.33. The van der Waals surface area contributed by atoms with E-state index in [4.69, 9.17) is 21.7 Å². The van der Waals surface area contributed by atoms with E-state index in [1.165, 1.54) is 5.56 Å². The molecule has 0 aromatic heterocycles. The van der Waals surface area contributed by atoms with Crippen LogP contribution in [0, 0.1) is 0 Å². The summed E-state index contributed by atoms with van der Waals surface area (Å²) < 4.78 is 10.7. The standard InChI is InChI=1S/C17H23NO3S/c1-17(2,3)21-16(19)18-11-13(10-14(18)15(22)20-4)12-8-6-5-7-9-12/h5-9,13-14H,10-11H2,1-4H3/t13?,14-/m1/s1. The first kappa shape index (κ1) is 16.7. The summed E-state index contributed by atoms with van der Waals surface area (Å²) in [6.07, 6.45) is 0.422. The van der Waals surface area contributed by atoms with Crippen molar-refractivity contribution in [1.82, 2.24) is 4.90 Å². The number of carbonyl (C=O) groups excluding carboxylic acids is 1. The van der Waals surface area contributed by atoms with E-state index in [-0.39, 0.29) is 18.1 Å². The molecule has 120 valence electrons. The second kappa shape index (κ2) is 6.65. The molecule has 1 aromatic carbocycles. The Labute approximate surface area is 137 Å². The van der Waals surface area contributed by atoms with Crippen LogP contribution in [0.4, 0.5) is 4.79 Å². The molecule has 2 atom stereocenters. The Balaban J connectivity index is 2.19. The topological polar surface area (TPSA) is 38.8 Å². The molecule has 0 N–H and O–H groups in total. The van der Waals surface area contributed by atoms with Crippen LogP contribution in [-0.4, -0.2) is 41.3 Å². The van der Waals surface area contributed by atoms with Crippen molar-refractivity contribution >= 4 is 23.4 Å². The van der Waals surface area contributed by atoms with E-state index in [9.17, 15) is 4.79 Å². The molecule has 0 saturated carbocycles. The van der Waals surface area contributed by atoms with E-state index in [0.717, 1.165) is 6.42 Å². The number of nitrogens with zero attached hydrogens (tertiary/aromatic N) is 1. The number of likely N-dealkylation sites (tertiary alicyclic amines) is 1. The molecule has 1 aromatic rings. The van der Waals surface area contributed by atoms with Gasteiger partial charge in [-0.3, -0.25) is 4.90 Å². The van der Waals surface area contributed by atoms with E-state index in [0.29, 0.717) is 11.6 Å². The minimum Gasteiger partial charge on any atom is -0.488 e. The van der Waals surface area contributed by atoms with Crippen molar-refractivity contribution in [3.8, 4) is 0 Å². The number of ether oxygens (including phenoxy) is 2. The van der Waals surface area contributed by atoms with Crippen LogP contribution in [0.2, 0.25) is 0 Å². The number of methoxy groups -OCH3 is 1. The van der Waals surface area contributed by atoms with Gasteiger partial charge < -0.3 is 9.47 Å². The number of hydrogen-bond acceptors (Lipinski definition) is 4. The van der Waals surface area contributed by atoms with Crippen molar-refractivity contribution in [3.63, 3.8) is 0 Å². The SMILES string of the molecule is COC(=S)[C@H]1CC(c2ccccc2)CN1C(=O)OC(C)(C)C. The monoisotopic (exact) mass is 321 g/mol. The Hall–Kier alpha value is -1.62. The molecule has 0 spiro atoms. The molecule has 1 aliphatic heterocycles. The third kappa shape index (κ3) is 3.97. The molecule has 2 rings (SSSR count). The lowest BCUT2D eigenvalue weighted by Crippen LogP contribution is -2.43. The van der Waals surface area contributed by atoms with Gasteiger partial charge >= 0.3 is 6.09 Å². The zero-order chi connectivity index (χ0) is 16.3. The van der Waals surface area contributed by atoms with Crippen molar-refractivity contribution in [1.29, 1.82) is 0 Å². The fraction of sp³-hybridized carbons (Fsp3) is 0.529. The summed E-state index contributed by atoms with van der Waals surface area (Å²) in [5.74, 6) is 0.242. The molecule has 1 unspecified atom stereocenters. The Bertz CT molecular complexity index is 539. The normalized spacial score (nSPS) is 21.5. The number of hydrogen-bond donors (Lipinski definition) is 0. The molecule has 1 fully saturated rings. The van der Waals surface area contributed by atoms with Gasteiger partial charge in [0.25, 0.3) is 0 Å². The summed E-state index contributed by atoms with van der Waals surface area (Å²) in [7, 11) is 1.55. The number of rotatable bonds is 2. The lowest BCUT2D eigenvalue weighted by atomic mass is 9.97. The van der Waals surface area contributed by atoms with Gasteiger partial charge in [0.15, 0.2) is 5.05 Å². The predicted molar refractivity (Wildman–Crippen MR) is 90.1 cm³/mol. The molecular formula is C17H23NO3S. The fourth-order valence-electron chi connectivity index (χ4n) is 2.68. The van der Waals surface area contributed by atoms with Gasteiger partial charge in [-0.05, 0) is 45.0 Å². The molecule has 0 bridgehead atoms. The maximum Gasteiger partial charge on any atom is 0.410 e. The molecule has 5 heteroatoms. The smallest absolute Gasteiger partial charge is 0.410 e. The third-order valence-corrected chi connectivity index (χ3v) is 4.11. The highest BCUT2D eigenvalue weighted by atomic mass is 32.1. The average molecular weight is 321 g/mol. The first-order valence-electron chi connectivity index (χ1n) is 7.44. The highest BCUT2D eigenvalue weighted by molar-refractivity contribution is 7.80. The number of carbonyl (C=O) groups is 1. The van der Waals surface area contributed by atoms with Crippen LogP contribution in [0.5, 0.6) is 0 Å². The lowest BCUT2D eigenvalue weighted by molar-refractivity contribution is 0.0255. The summed E-state index contributed by atoms with van der Waals surface area (Å²) in [5, 5.41) is 0.435. The summed E-state index contributed by atoms with van der Waals surface area (Å²) in [4.78, 5) is 14.1. The zero-order valence-electron chi connectivity index (χ0n) is 13.5. The highest BCUT2D eigenvalue weighted by Gasteiger charge is 2.40. The largest absolute Gasteiger partial charge is 0.488 e. The number of benzene rings is 1. The molecular weight excluding hydrogens is 298 g/mol. The van der Waals surface area contributed by atoms with Gasteiger partial charge in [-0.25, -0.2) is 4.79 Å². The average Bonchev–Trinajstić information content (AvgIpc) is 2.91. The maximum atomic E-state index is 12.5. The Morgan fingerprint density at radius 2 is 1.91 bits per heavy atom. The molecule has 1 saturated heterocycles. The number of thiocarbonyl (C=S) groups is 1. The Kier molecular flexibility index (Phi) is 5.06. The van der Waals surface area contributed by atoms with Crippen LogP contribution in [0.25, 0.3) is 0 Å². The molecule has 1 amide bonds. The first-order chi connectivity index (χ1) is 10.3. The van der Waals surface area contributed by atoms with Crippen LogP contribution >= 0.6 is 12.2 Å². The van der Waals surface area contributed by atoms with Crippen LogP contribution in [0.1, 0.15) is 38.7 Å². The van der Waals surface area contributed by atoms with Gasteiger partial charge in [-0.1, -0.05) is 30.3 Å². The van der Waals surface area contributed by atoms with E-state index >= 15 is 0 Å². The van der Waals surface area contributed by atoms with E-state index < -0.39 is 5.60 Å². The summed E-state index contributed by atoms with van der Waals surface area (Å²) in [6.45, 7) is 6.17. The van der Waals surface area contributed by atoms with Crippen molar-refractivity contribution < 1.29 is 14.3 Å². The second-order valence-corrected chi connectivity index (χ2v) is 6.92. The van der Waals surface area contributed by atoms with Gasteiger partial charge in [0.2, 0.25) is 0 Å². The van der Waals surface area contributed by atoms with Crippen molar-refractivity contribution in [3.05, 3.63) is 35.9 Å². The summed E-state index contributed by atoms with van der Waals surface area (Å²) in [5.41, 5.74) is 0.679. The Morgan fingerprint density at radius 1 is 1.27 bits per heavy atom. The molecule has 1 aliphatic rings. The molecule has 22 heavy (non-hydrogen) atoms. The minimum absolute atomic E-state index is 0.222. The summed E-state index contributed by atoms with van der Waals surface area (Å²) in [6, 6.07) is 9.94. The zero-order valence-corrected chi connectivity index (χ0v) is 14.4. The lowest BCUT2D eigenvalue weighted by Gasteiger charge is -2.28. The van der Waals surface area contributed by atoms with Crippen molar-refractivity contribution in [2.24, 2.45) is 0 Å². The quantitative estimate of drug-likeness (QED) is 0.778. The second-order valence-electron chi connectivity index (χ2n) is 6.51. The number of amides is 1. The van der Waals surface area contributed by atoms with Crippen LogP contribution in [0.15, 0.2) is 30.3 Å². The summed E-state index contributed by atoms with van der Waals surface area (Å²) >= 11 is 5.28. The van der Waals surface area contributed by atoms with E-state index in [1.807, 2.05) is 39.0 Å². The minimum atomic E-state index is -0.527. The molecule has 1 heterocycles. The van der Waals surface area contributed by atoms with Gasteiger partial charge in [0, 0.05) is 12.5 Å². The van der Waals surface area contributed by atoms with Crippen molar-refractivity contribution in [2.75, 3.05) is 13.7 Å². The van der Waals surface area contributed by atoms with E-state index in [2.05, 4.69) is 12.1 Å². The molecule has 0 radical (unpaired) electrons. The molecule has 4 nitrogen and oxygen atoms in total. The van der Waals surface area contributed by atoms with Crippen molar-refractivity contribution in [2.45, 2.75) is 44.8 Å². The van der Waals surface area contributed by atoms with Gasteiger partial charge in [-0.15, -0.1) is 0 Å². The Morgan fingerprint density at radius 3 is 2.45 bits per heavy atom. The van der Waals surface area contributed by atoms with Gasteiger partial charge in [0.1, 0.15) is 11.6 Å². The fourth-order valence-corrected chi connectivity index (χ4v) is 2.91. The molecule has 0 aliphatic carbocycles. The van der Waals surface area contributed by atoms with Crippen LogP contribution in [-0.2, 0) is 9.47 Å². The van der Waals surface area contributed by atoms with Crippen LogP contribution in [0.3, 0.4) is 0 Å².